The number of dihydropyridines is 2. The maximum absolute atomic E-state index is 15.7. The van der Waals surface area contributed by atoms with Gasteiger partial charge in [-0.25, -0.2) is 4.79 Å². The second kappa shape index (κ2) is 20.5. The minimum atomic E-state index is -2.17. The number of benzene rings is 1. The van der Waals surface area contributed by atoms with Gasteiger partial charge in [0, 0.05) is 42.3 Å². The highest BCUT2D eigenvalue weighted by Gasteiger charge is 2.86. The van der Waals surface area contributed by atoms with Crippen LogP contribution in [-0.2, 0) is 20.7 Å². The molecule has 10 rings (SSSR count). The normalized spacial score (nSPS) is 34.5. The number of fused-ring (bicyclic) bond motifs is 1. The molecule has 1 aromatic carbocycles. The molecule has 5 aliphatic heterocycles. The average molecular weight is 955 g/mol. The van der Waals surface area contributed by atoms with Crippen LogP contribution in [0.1, 0.15) is 149 Å². The summed E-state index contributed by atoms with van der Waals surface area (Å²) in [6.07, 6.45) is 32.2. The molecule has 8 N–H and O–H groups in total. The number of aliphatic hydroxyl groups is 1. The third-order valence-electron chi connectivity index (χ3n) is 18.0. The van der Waals surface area contributed by atoms with Gasteiger partial charge < -0.3 is 46.9 Å². The van der Waals surface area contributed by atoms with Crippen LogP contribution in [0.4, 0.5) is 0 Å². The van der Waals surface area contributed by atoms with E-state index in [1.54, 1.807) is 6.07 Å². The number of nitrogens with one attached hydrogen (secondary N) is 5. The fourth-order valence-corrected chi connectivity index (χ4v) is 13.8. The van der Waals surface area contributed by atoms with Gasteiger partial charge in [0.1, 0.15) is 5.82 Å². The Hall–Kier alpha value is -4.59. The van der Waals surface area contributed by atoms with Crippen LogP contribution in [0.15, 0.2) is 100 Å². The number of epoxide rings is 1. The molecule has 4 aliphatic carbocycles. The Morgan fingerprint density at radius 1 is 1.01 bits per heavy atom. The average Bonchev–Trinajstić information content (AvgIpc) is 4.08. The lowest BCUT2D eigenvalue weighted by molar-refractivity contribution is -0.150. The third kappa shape index (κ3) is 9.48. The molecular formula is C58H78N6O6. The van der Waals surface area contributed by atoms with Gasteiger partial charge in [0.15, 0.2) is 11.4 Å². The molecule has 9 aliphatic rings. The zero-order valence-corrected chi connectivity index (χ0v) is 41.9. The summed E-state index contributed by atoms with van der Waals surface area (Å²) in [5, 5.41) is 28.7. The molecule has 1 saturated heterocycles. The van der Waals surface area contributed by atoms with Gasteiger partial charge in [-0.15, -0.1) is 0 Å². The van der Waals surface area contributed by atoms with Gasteiger partial charge in [-0.05, 0) is 160 Å². The molecular weight excluding hydrogens is 877 g/mol. The number of ether oxygens (including phenoxy) is 2. The maximum atomic E-state index is 15.7. The van der Waals surface area contributed by atoms with Crippen LogP contribution >= 0.6 is 0 Å². The summed E-state index contributed by atoms with van der Waals surface area (Å²) in [4.78, 5) is 46.4. The van der Waals surface area contributed by atoms with E-state index in [9.17, 15) is 5.11 Å². The van der Waals surface area contributed by atoms with Crippen molar-refractivity contribution >= 4 is 17.5 Å². The number of ketones is 2. The molecule has 0 amide bonds. The molecule has 0 aromatic heterocycles. The number of hydrogen-bond donors (Lipinski definition) is 7. The van der Waals surface area contributed by atoms with Crippen LogP contribution in [0.25, 0.3) is 0 Å². The number of carbonyl (C=O) groups is 3. The Bertz CT molecular complexity index is 2440. The number of aliphatic hydroxyl groups excluding tert-OH is 1. The first-order valence-corrected chi connectivity index (χ1v) is 26.9. The van der Waals surface area contributed by atoms with E-state index in [-0.39, 0.29) is 60.5 Å². The number of nitrogens with two attached hydrogens (primary N) is 1. The lowest BCUT2D eigenvalue weighted by Gasteiger charge is -2.41. The van der Waals surface area contributed by atoms with Crippen molar-refractivity contribution in [2.45, 2.75) is 159 Å². The molecule has 4 bridgehead atoms. The number of cyclic esters (lactones) is 1. The summed E-state index contributed by atoms with van der Waals surface area (Å²) < 4.78 is 13.1. The molecule has 1 spiro atoms. The zero-order chi connectivity index (χ0) is 48.6. The monoisotopic (exact) mass is 955 g/mol. The van der Waals surface area contributed by atoms with E-state index in [1.807, 2.05) is 38.4 Å². The Balaban J connectivity index is 0.995. The van der Waals surface area contributed by atoms with E-state index in [1.165, 1.54) is 48.8 Å². The summed E-state index contributed by atoms with van der Waals surface area (Å²) in [5.41, 5.74) is 9.74. The van der Waals surface area contributed by atoms with E-state index in [4.69, 9.17) is 15.2 Å². The van der Waals surface area contributed by atoms with Crippen LogP contribution in [0.2, 0.25) is 0 Å². The van der Waals surface area contributed by atoms with E-state index in [2.05, 4.69) is 63.9 Å². The number of esters is 1. The number of carbonyl (C=O) groups excluding carboxylic acids is 3. The van der Waals surface area contributed by atoms with Gasteiger partial charge in [-0.3, -0.25) is 9.59 Å². The quantitative estimate of drug-likeness (QED) is 0.0469. The smallest absolute Gasteiger partial charge is 0.350 e. The first-order chi connectivity index (χ1) is 33.9. The topological polar surface area (TPSA) is 179 Å². The Labute approximate surface area is 415 Å². The van der Waals surface area contributed by atoms with Crippen molar-refractivity contribution in [2.24, 2.45) is 34.8 Å². The molecule has 1 saturated carbocycles. The van der Waals surface area contributed by atoms with Crippen molar-refractivity contribution in [3.05, 3.63) is 117 Å². The first-order valence-electron chi connectivity index (χ1n) is 26.9. The zero-order valence-electron chi connectivity index (χ0n) is 41.9. The summed E-state index contributed by atoms with van der Waals surface area (Å²) in [7, 11) is 1.96. The van der Waals surface area contributed by atoms with Gasteiger partial charge in [0.05, 0.1) is 25.5 Å². The van der Waals surface area contributed by atoms with Crippen molar-refractivity contribution < 1.29 is 29.0 Å². The minimum absolute atomic E-state index is 0.000328. The van der Waals surface area contributed by atoms with E-state index in [0.29, 0.717) is 36.2 Å². The Morgan fingerprint density at radius 3 is 2.66 bits per heavy atom. The predicted molar refractivity (Wildman–Crippen MR) is 273 cm³/mol. The van der Waals surface area contributed by atoms with Crippen molar-refractivity contribution in [1.82, 2.24) is 26.6 Å². The van der Waals surface area contributed by atoms with Crippen LogP contribution in [0, 0.1) is 29.1 Å². The summed E-state index contributed by atoms with van der Waals surface area (Å²) in [6.45, 7) is 5.71. The molecule has 9 unspecified atom stereocenters. The fourth-order valence-electron chi connectivity index (χ4n) is 13.8. The molecule has 12 nitrogen and oxygen atoms in total. The van der Waals surface area contributed by atoms with E-state index in [0.717, 1.165) is 99.8 Å². The van der Waals surface area contributed by atoms with E-state index >= 15 is 14.4 Å². The van der Waals surface area contributed by atoms with Crippen molar-refractivity contribution in [1.29, 1.82) is 0 Å². The molecule has 376 valence electrons. The van der Waals surface area contributed by atoms with Gasteiger partial charge in [-0.2, -0.15) is 0 Å². The minimum Gasteiger partial charge on any atom is -0.463 e. The fraction of sp³-hybridized carbons (Fsp3) is 0.603. The molecule has 2 fully saturated rings. The van der Waals surface area contributed by atoms with Gasteiger partial charge in [-0.1, -0.05) is 93.2 Å². The van der Waals surface area contributed by atoms with Crippen LogP contribution < -0.4 is 32.3 Å². The second-order valence-electron chi connectivity index (χ2n) is 22.7. The van der Waals surface area contributed by atoms with Gasteiger partial charge in [0.25, 0.3) is 5.60 Å². The van der Waals surface area contributed by atoms with Crippen molar-refractivity contribution in [3.8, 4) is 0 Å². The van der Waals surface area contributed by atoms with Crippen LogP contribution in [0.5, 0.6) is 0 Å². The molecule has 70 heavy (non-hydrogen) atoms. The highest BCUT2D eigenvalue weighted by Crippen LogP contribution is 2.60. The largest absolute Gasteiger partial charge is 0.463 e. The molecule has 12 heteroatoms. The molecule has 1 aromatic rings. The van der Waals surface area contributed by atoms with Crippen LogP contribution in [0.3, 0.4) is 0 Å². The first kappa shape index (κ1) is 49.0. The third-order valence-corrected chi connectivity index (χ3v) is 18.0. The maximum Gasteiger partial charge on any atom is 0.350 e. The standard InChI is InChI=1S/C58H78N6O6/c1-36(18-20-40-24-26-61-54-45(40)21-23-50(60-3)64-54)44(34-65)31-57-52(66)46-17-10-16-42-30-56(2,29-38-19-22-49(59)63-33-38)25-8-7-13-39-14-9-15-41-28-48(62-32-37-11-5-4-6-12-37)43(27-47(39)41)35-69-55(68)58(57,70-57)53(67)51(42)46/h9-10,15-17,19,22,24,28,33,37,39,43,47-50,60-65H,4-8,11-14,18,20-21,23,25-27,29-32,34-35,59H2,1-3H3. The number of hydrogen-bond acceptors (Lipinski definition) is 12. The number of Topliss-reactive ketones (excluding diaryl/α,β-unsaturated/α-hetero) is 2. The van der Waals surface area contributed by atoms with Gasteiger partial charge >= 0.3 is 5.97 Å². The van der Waals surface area contributed by atoms with E-state index < -0.39 is 28.7 Å². The summed E-state index contributed by atoms with van der Waals surface area (Å²) in [5.74, 6) is 0.808. The van der Waals surface area contributed by atoms with Crippen molar-refractivity contribution in [2.75, 3.05) is 33.4 Å². The molecule has 9 atom stereocenters. The van der Waals surface area contributed by atoms with Crippen LogP contribution in [-0.4, -0.2) is 85.6 Å². The molecule has 5 heterocycles. The second-order valence-corrected chi connectivity index (χ2v) is 22.7. The Kier molecular flexibility index (Phi) is 14.3. The lowest BCUT2D eigenvalue weighted by atomic mass is 9.67. The summed E-state index contributed by atoms with van der Waals surface area (Å²) in [6, 6.07) is 5.55. The summed E-state index contributed by atoms with van der Waals surface area (Å²) >= 11 is 0. The number of rotatable bonds is 12. The Morgan fingerprint density at radius 2 is 1.86 bits per heavy atom. The van der Waals surface area contributed by atoms with Crippen molar-refractivity contribution in [3.63, 3.8) is 0 Å². The highest BCUT2D eigenvalue weighted by atomic mass is 16.7. The van der Waals surface area contributed by atoms with Gasteiger partial charge in [0.2, 0.25) is 5.78 Å². The SMILES string of the molecule is CNC1CCC2=C(NCC=C2CCC(C)=C(CO)CC23OC24C(=O)OCC2CC5C(=CC2NCC2CCCCC2)C=CCC5CCCCC(C)(CC2=CNC(N)C=C2)Cc2cccc(c2C4=O)C3=O)N1. The lowest BCUT2D eigenvalue weighted by Crippen LogP contribution is -2.52. The highest BCUT2D eigenvalue weighted by molar-refractivity contribution is 6.33. The molecule has 0 radical (unpaired) electrons. The number of allylic oxidation sites excluding steroid dienone is 8. The predicted octanol–water partition coefficient (Wildman–Crippen LogP) is 7.78.